The zero-order valence-corrected chi connectivity index (χ0v) is 15.8. The summed E-state index contributed by atoms with van der Waals surface area (Å²) in [6, 6.07) is 4.13. The van der Waals surface area contributed by atoms with Gasteiger partial charge >= 0.3 is 6.09 Å². The second-order valence-electron chi connectivity index (χ2n) is 7.18. The quantitative estimate of drug-likeness (QED) is 0.672. The third-order valence-corrected chi connectivity index (χ3v) is 4.76. The number of hydrogen-bond acceptors (Lipinski definition) is 5. The van der Waals surface area contributed by atoms with Gasteiger partial charge in [0.2, 0.25) is 5.88 Å². The standard InChI is InChI=1S/C16H22IN3O3/c1-16(2,3)23-15(21)20-10-4-5-11(20)9-12(8-10)22-14-7-6-13(17)18-19-14/h6-7,10-12H,4-5,8-9H2,1-3H3. The van der Waals surface area contributed by atoms with Crippen LogP contribution in [0.3, 0.4) is 0 Å². The first-order valence-electron chi connectivity index (χ1n) is 7.99. The molecule has 2 bridgehead atoms. The lowest BCUT2D eigenvalue weighted by Gasteiger charge is -2.39. The highest BCUT2D eigenvalue weighted by Crippen LogP contribution is 2.38. The van der Waals surface area contributed by atoms with Gasteiger partial charge in [0, 0.05) is 31.0 Å². The number of rotatable bonds is 2. The van der Waals surface area contributed by atoms with Crippen LogP contribution in [0.1, 0.15) is 46.5 Å². The number of aromatic nitrogens is 2. The third kappa shape index (κ3) is 4.05. The summed E-state index contributed by atoms with van der Waals surface area (Å²) in [5, 5.41) is 8.07. The summed E-state index contributed by atoms with van der Waals surface area (Å²) in [4.78, 5) is 14.3. The molecule has 2 fully saturated rings. The normalized spacial score (nSPS) is 27.0. The van der Waals surface area contributed by atoms with Gasteiger partial charge in [0.25, 0.3) is 0 Å². The first kappa shape index (κ1) is 16.7. The van der Waals surface area contributed by atoms with Gasteiger partial charge in [-0.15, -0.1) is 10.2 Å². The van der Waals surface area contributed by atoms with Crippen molar-refractivity contribution in [3.8, 4) is 5.88 Å². The van der Waals surface area contributed by atoms with E-state index in [-0.39, 0.29) is 24.3 Å². The molecule has 3 heterocycles. The maximum atomic E-state index is 12.4. The minimum Gasteiger partial charge on any atom is -0.473 e. The molecular formula is C16H22IN3O3. The predicted octanol–water partition coefficient (Wildman–Crippen LogP) is 3.39. The van der Waals surface area contributed by atoms with E-state index in [1.807, 2.05) is 37.8 Å². The summed E-state index contributed by atoms with van der Waals surface area (Å²) in [7, 11) is 0. The summed E-state index contributed by atoms with van der Waals surface area (Å²) in [5.41, 5.74) is -0.458. The van der Waals surface area contributed by atoms with Gasteiger partial charge in [0.1, 0.15) is 15.4 Å². The highest BCUT2D eigenvalue weighted by atomic mass is 127. The molecule has 0 aromatic carbocycles. The van der Waals surface area contributed by atoms with Crippen molar-refractivity contribution in [3.05, 3.63) is 15.8 Å². The lowest BCUT2D eigenvalue weighted by molar-refractivity contribution is -0.00771. The van der Waals surface area contributed by atoms with Crippen molar-refractivity contribution in [1.82, 2.24) is 15.1 Å². The molecule has 2 aliphatic heterocycles. The first-order valence-corrected chi connectivity index (χ1v) is 9.07. The van der Waals surface area contributed by atoms with Crippen molar-refractivity contribution in [3.63, 3.8) is 0 Å². The lowest BCUT2D eigenvalue weighted by atomic mass is 10.0. The van der Waals surface area contributed by atoms with Crippen molar-refractivity contribution in [1.29, 1.82) is 0 Å². The van der Waals surface area contributed by atoms with Gasteiger partial charge in [-0.1, -0.05) is 0 Å². The molecule has 1 aromatic heterocycles. The number of piperidine rings is 1. The number of amides is 1. The summed E-state index contributed by atoms with van der Waals surface area (Å²) in [5.74, 6) is 0.556. The minimum atomic E-state index is -0.458. The van der Waals surface area contributed by atoms with E-state index >= 15 is 0 Å². The molecule has 0 N–H and O–H groups in total. The Bertz CT molecular complexity index is 559. The highest BCUT2D eigenvalue weighted by Gasteiger charge is 2.45. The zero-order valence-electron chi connectivity index (χ0n) is 13.7. The van der Waals surface area contributed by atoms with Gasteiger partial charge in [-0.2, -0.15) is 0 Å². The number of nitrogens with zero attached hydrogens (tertiary/aromatic N) is 3. The van der Waals surface area contributed by atoms with Gasteiger partial charge < -0.3 is 14.4 Å². The second kappa shape index (κ2) is 6.41. The van der Waals surface area contributed by atoms with Crippen LogP contribution in [-0.2, 0) is 4.74 Å². The van der Waals surface area contributed by atoms with Crippen LogP contribution < -0.4 is 4.74 Å². The average molecular weight is 431 g/mol. The Kier molecular flexibility index (Phi) is 4.66. The van der Waals surface area contributed by atoms with Gasteiger partial charge in [-0.25, -0.2) is 4.79 Å². The lowest BCUT2D eigenvalue weighted by Crippen LogP contribution is -2.50. The maximum Gasteiger partial charge on any atom is 0.410 e. The molecule has 2 aliphatic rings. The topological polar surface area (TPSA) is 64.5 Å². The van der Waals surface area contributed by atoms with Gasteiger partial charge in [0.05, 0.1) is 0 Å². The predicted molar refractivity (Wildman–Crippen MR) is 93.3 cm³/mol. The zero-order chi connectivity index (χ0) is 16.6. The number of fused-ring (bicyclic) bond motifs is 2. The Morgan fingerprint density at radius 1 is 1.22 bits per heavy atom. The molecule has 1 aromatic rings. The number of halogens is 1. The monoisotopic (exact) mass is 431 g/mol. The van der Waals surface area contributed by atoms with E-state index in [2.05, 4.69) is 32.8 Å². The summed E-state index contributed by atoms with van der Waals surface area (Å²) < 4.78 is 12.4. The minimum absolute atomic E-state index is 0.0838. The molecule has 126 valence electrons. The summed E-state index contributed by atoms with van der Waals surface area (Å²) >= 11 is 2.12. The molecule has 3 rings (SSSR count). The SMILES string of the molecule is CC(C)(C)OC(=O)N1C2CCC1CC(Oc1ccc(I)nn1)C2. The summed E-state index contributed by atoms with van der Waals surface area (Å²) in [6.07, 6.45) is 3.56. The third-order valence-electron chi connectivity index (χ3n) is 4.19. The van der Waals surface area contributed by atoms with Gasteiger partial charge in [-0.05, 0) is 62.3 Å². The van der Waals surface area contributed by atoms with E-state index in [9.17, 15) is 4.79 Å². The van der Waals surface area contributed by atoms with Crippen LogP contribution in [0.15, 0.2) is 12.1 Å². The molecule has 0 spiro atoms. The van der Waals surface area contributed by atoms with E-state index in [4.69, 9.17) is 9.47 Å². The first-order chi connectivity index (χ1) is 10.8. The Labute approximate surface area is 150 Å². The molecule has 2 unspecified atom stereocenters. The van der Waals surface area contributed by atoms with E-state index in [1.165, 1.54) is 0 Å². The molecule has 0 aliphatic carbocycles. The Hall–Kier alpha value is -1.12. The van der Waals surface area contributed by atoms with Gasteiger partial charge in [-0.3, -0.25) is 0 Å². The fourth-order valence-corrected chi connectivity index (χ4v) is 3.66. The van der Waals surface area contributed by atoms with Crippen LogP contribution in [0.5, 0.6) is 5.88 Å². The Morgan fingerprint density at radius 2 is 1.87 bits per heavy atom. The van der Waals surface area contributed by atoms with Crippen LogP contribution in [0.2, 0.25) is 0 Å². The molecule has 7 heteroatoms. The Morgan fingerprint density at radius 3 is 2.39 bits per heavy atom. The van der Waals surface area contributed by atoms with E-state index in [0.717, 1.165) is 29.4 Å². The van der Waals surface area contributed by atoms with Crippen LogP contribution in [0.25, 0.3) is 0 Å². The number of carbonyl (C=O) groups excluding carboxylic acids is 1. The largest absolute Gasteiger partial charge is 0.473 e. The number of hydrogen-bond donors (Lipinski definition) is 0. The van der Waals surface area contributed by atoms with E-state index < -0.39 is 5.60 Å². The second-order valence-corrected chi connectivity index (χ2v) is 8.28. The fraction of sp³-hybridized carbons (Fsp3) is 0.688. The molecular weight excluding hydrogens is 409 g/mol. The molecule has 0 saturated carbocycles. The molecule has 23 heavy (non-hydrogen) atoms. The van der Waals surface area contributed by atoms with Crippen molar-refractivity contribution in [2.45, 2.75) is 70.2 Å². The maximum absolute atomic E-state index is 12.4. The van der Waals surface area contributed by atoms with Gasteiger partial charge in [0.15, 0.2) is 0 Å². The van der Waals surface area contributed by atoms with Crippen molar-refractivity contribution in [2.24, 2.45) is 0 Å². The summed E-state index contributed by atoms with van der Waals surface area (Å²) in [6.45, 7) is 5.70. The number of carbonyl (C=O) groups is 1. The van der Waals surface area contributed by atoms with Crippen molar-refractivity contribution in [2.75, 3.05) is 0 Å². The molecule has 2 saturated heterocycles. The number of ether oxygens (including phenoxy) is 2. The van der Waals surface area contributed by atoms with E-state index in [0.29, 0.717) is 5.88 Å². The molecule has 6 nitrogen and oxygen atoms in total. The van der Waals surface area contributed by atoms with Crippen molar-refractivity contribution < 1.29 is 14.3 Å². The molecule has 0 radical (unpaired) electrons. The van der Waals surface area contributed by atoms with Crippen LogP contribution >= 0.6 is 22.6 Å². The van der Waals surface area contributed by atoms with Crippen LogP contribution in [0, 0.1) is 3.70 Å². The van der Waals surface area contributed by atoms with Crippen LogP contribution in [0.4, 0.5) is 4.79 Å². The Balaban J connectivity index is 1.62. The molecule has 1 amide bonds. The smallest absolute Gasteiger partial charge is 0.410 e. The average Bonchev–Trinajstić information content (AvgIpc) is 2.72. The van der Waals surface area contributed by atoms with E-state index in [1.54, 1.807) is 0 Å². The highest BCUT2D eigenvalue weighted by molar-refractivity contribution is 14.1. The van der Waals surface area contributed by atoms with Crippen molar-refractivity contribution >= 4 is 28.7 Å². The van der Waals surface area contributed by atoms with Crippen LogP contribution in [-0.4, -0.2) is 45.0 Å². The fourth-order valence-electron chi connectivity index (χ4n) is 3.37. The molecule has 2 atom stereocenters.